The Bertz CT molecular complexity index is 1360. The van der Waals surface area contributed by atoms with Gasteiger partial charge in [-0.2, -0.15) is 0 Å². The van der Waals surface area contributed by atoms with E-state index >= 15 is 0 Å². The van der Waals surface area contributed by atoms with E-state index in [2.05, 4.69) is 37.8 Å². The van der Waals surface area contributed by atoms with Gasteiger partial charge < -0.3 is 14.1 Å². The molecule has 2 heterocycles. The number of fused-ring (bicyclic) bond motifs is 3. The SMILES string of the molecule is Cc1cc(C)c(N2COc3ccc4c(C)c(Cc5ccccc5)c(=O)oc4c3C2)c(C)c1. The number of hydrogen-bond donors (Lipinski definition) is 0. The van der Waals surface area contributed by atoms with Crippen LogP contribution >= 0.6 is 0 Å². The number of nitrogens with zero attached hydrogens (tertiary/aromatic N) is 1. The fourth-order valence-electron chi connectivity index (χ4n) is 4.98. The van der Waals surface area contributed by atoms with Crippen LogP contribution in [0.3, 0.4) is 0 Å². The van der Waals surface area contributed by atoms with E-state index in [-0.39, 0.29) is 5.63 Å². The molecule has 0 amide bonds. The average molecular weight is 426 g/mol. The Kier molecular flexibility index (Phi) is 5.01. The van der Waals surface area contributed by atoms with Crippen molar-refractivity contribution in [3.05, 3.63) is 104 Å². The van der Waals surface area contributed by atoms with Crippen molar-refractivity contribution in [2.24, 2.45) is 0 Å². The lowest BCUT2D eigenvalue weighted by atomic mass is 9.97. The van der Waals surface area contributed by atoms with Crippen LogP contribution < -0.4 is 15.3 Å². The zero-order valence-electron chi connectivity index (χ0n) is 19.0. The molecule has 4 nitrogen and oxygen atoms in total. The molecule has 0 fully saturated rings. The molecule has 162 valence electrons. The van der Waals surface area contributed by atoms with Gasteiger partial charge in [0, 0.05) is 23.1 Å². The third-order valence-corrected chi connectivity index (χ3v) is 6.42. The molecule has 0 bridgehead atoms. The Balaban J connectivity index is 1.59. The Morgan fingerprint density at radius 1 is 0.938 bits per heavy atom. The molecule has 0 unspecified atom stereocenters. The summed E-state index contributed by atoms with van der Waals surface area (Å²) < 4.78 is 12.1. The fourth-order valence-corrected chi connectivity index (χ4v) is 4.98. The van der Waals surface area contributed by atoms with E-state index in [1.807, 2.05) is 49.4 Å². The first kappa shape index (κ1) is 20.4. The van der Waals surface area contributed by atoms with Crippen LogP contribution in [0.1, 0.15) is 38.9 Å². The molecule has 4 aromatic rings. The van der Waals surface area contributed by atoms with Gasteiger partial charge in [-0.25, -0.2) is 4.79 Å². The van der Waals surface area contributed by atoms with Gasteiger partial charge in [0.15, 0.2) is 6.73 Å². The summed E-state index contributed by atoms with van der Waals surface area (Å²) in [6.45, 7) is 9.50. The lowest BCUT2D eigenvalue weighted by molar-refractivity contribution is 0.288. The quantitative estimate of drug-likeness (QED) is 0.379. The minimum atomic E-state index is -0.271. The van der Waals surface area contributed by atoms with E-state index in [0.29, 0.717) is 30.8 Å². The number of anilines is 1. The summed E-state index contributed by atoms with van der Waals surface area (Å²) in [6.07, 6.45) is 0.562. The summed E-state index contributed by atoms with van der Waals surface area (Å²) >= 11 is 0. The molecule has 1 aliphatic heterocycles. The Morgan fingerprint density at radius 3 is 2.38 bits per heavy atom. The summed E-state index contributed by atoms with van der Waals surface area (Å²) in [6, 6.07) is 18.4. The molecule has 32 heavy (non-hydrogen) atoms. The predicted molar refractivity (Wildman–Crippen MR) is 129 cm³/mol. The number of aryl methyl sites for hydroxylation is 4. The van der Waals surface area contributed by atoms with Crippen molar-refractivity contribution in [2.45, 2.75) is 40.7 Å². The topological polar surface area (TPSA) is 42.7 Å². The van der Waals surface area contributed by atoms with Crippen molar-refractivity contribution >= 4 is 16.7 Å². The van der Waals surface area contributed by atoms with Crippen LogP contribution in [0.25, 0.3) is 11.0 Å². The summed E-state index contributed by atoms with van der Waals surface area (Å²) in [7, 11) is 0. The van der Waals surface area contributed by atoms with E-state index in [9.17, 15) is 4.79 Å². The third kappa shape index (κ3) is 3.46. The molecule has 0 saturated carbocycles. The van der Waals surface area contributed by atoms with E-state index in [4.69, 9.17) is 9.15 Å². The molecular formula is C28H27NO3. The second kappa shape index (κ2) is 7.86. The lowest BCUT2D eigenvalue weighted by Crippen LogP contribution is -2.33. The first-order chi connectivity index (χ1) is 15.4. The van der Waals surface area contributed by atoms with Crippen molar-refractivity contribution in [1.29, 1.82) is 0 Å². The van der Waals surface area contributed by atoms with E-state index in [1.54, 1.807) is 0 Å². The highest BCUT2D eigenvalue weighted by molar-refractivity contribution is 5.86. The highest BCUT2D eigenvalue weighted by Gasteiger charge is 2.25. The van der Waals surface area contributed by atoms with Crippen LogP contribution in [0.2, 0.25) is 0 Å². The van der Waals surface area contributed by atoms with Crippen LogP contribution in [0.15, 0.2) is 63.8 Å². The highest BCUT2D eigenvalue weighted by atomic mass is 16.5. The largest absolute Gasteiger partial charge is 0.473 e. The number of hydrogen-bond acceptors (Lipinski definition) is 4. The van der Waals surface area contributed by atoms with Crippen LogP contribution in [0.5, 0.6) is 5.75 Å². The number of ether oxygens (including phenoxy) is 1. The third-order valence-electron chi connectivity index (χ3n) is 6.42. The van der Waals surface area contributed by atoms with Gasteiger partial charge in [-0.15, -0.1) is 0 Å². The Hall–Kier alpha value is -3.53. The zero-order valence-corrected chi connectivity index (χ0v) is 19.0. The minimum Gasteiger partial charge on any atom is -0.473 e. The molecule has 5 rings (SSSR count). The molecule has 0 atom stereocenters. The van der Waals surface area contributed by atoms with E-state index in [1.165, 1.54) is 22.4 Å². The molecule has 1 aromatic heterocycles. The number of rotatable bonds is 3. The minimum absolute atomic E-state index is 0.271. The number of benzene rings is 3. The second-order valence-electron chi connectivity index (χ2n) is 8.79. The van der Waals surface area contributed by atoms with E-state index in [0.717, 1.165) is 27.8 Å². The Labute approximate surface area is 188 Å². The smallest absolute Gasteiger partial charge is 0.340 e. The zero-order chi connectivity index (χ0) is 22.4. The van der Waals surface area contributed by atoms with Crippen LogP contribution in [0.4, 0.5) is 5.69 Å². The van der Waals surface area contributed by atoms with Crippen LogP contribution in [-0.4, -0.2) is 6.73 Å². The maximum Gasteiger partial charge on any atom is 0.340 e. The standard InChI is InChI=1S/C28H27NO3/c1-17-12-18(2)26(19(3)13-17)29-15-24-25(31-16-29)11-10-22-20(4)23(28(30)32-27(22)24)14-21-8-6-5-7-9-21/h5-13H,14-16H2,1-4H3. The van der Waals surface area contributed by atoms with Crippen molar-refractivity contribution in [3.63, 3.8) is 0 Å². The van der Waals surface area contributed by atoms with E-state index < -0.39 is 0 Å². The molecule has 3 aromatic carbocycles. The average Bonchev–Trinajstić information content (AvgIpc) is 2.76. The Morgan fingerprint density at radius 2 is 1.66 bits per heavy atom. The molecular weight excluding hydrogens is 398 g/mol. The molecule has 0 aliphatic carbocycles. The van der Waals surface area contributed by atoms with Gasteiger partial charge in [0.2, 0.25) is 0 Å². The maximum atomic E-state index is 13.0. The first-order valence-electron chi connectivity index (χ1n) is 11.0. The maximum absolute atomic E-state index is 13.0. The van der Waals surface area contributed by atoms with Crippen LogP contribution in [-0.2, 0) is 13.0 Å². The molecule has 0 spiro atoms. The van der Waals surface area contributed by atoms with Crippen molar-refractivity contribution in [3.8, 4) is 5.75 Å². The molecule has 0 saturated heterocycles. The fraction of sp³-hybridized carbons (Fsp3) is 0.250. The molecule has 0 radical (unpaired) electrons. The highest BCUT2D eigenvalue weighted by Crippen LogP contribution is 2.37. The molecule has 1 aliphatic rings. The summed E-state index contributed by atoms with van der Waals surface area (Å²) in [5.74, 6) is 0.787. The summed E-state index contributed by atoms with van der Waals surface area (Å²) in [5.41, 5.74) is 8.94. The van der Waals surface area contributed by atoms with Gasteiger partial charge in [0.1, 0.15) is 11.3 Å². The van der Waals surface area contributed by atoms with Gasteiger partial charge in [0.25, 0.3) is 0 Å². The van der Waals surface area contributed by atoms with Gasteiger partial charge in [-0.05, 0) is 62.1 Å². The molecule has 0 N–H and O–H groups in total. The van der Waals surface area contributed by atoms with Crippen molar-refractivity contribution in [1.82, 2.24) is 0 Å². The van der Waals surface area contributed by atoms with Gasteiger partial charge in [0.05, 0.1) is 12.1 Å². The normalized spacial score (nSPS) is 13.2. The van der Waals surface area contributed by atoms with Gasteiger partial charge in [-0.3, -0.25) is 0 Å². The summed E-state index contributed by atoms with van der Waals surface area (Å²) in [4.78, 5) is 15.2. The van der Waals surface area contributed by atoms with Crippen molar-refractivity contribution < 1.29 is 9.15 Å². The van der Waals surface area contributed by atoms with Crippen LogP contribution in [0, 0.1) is 27.7 Å². The first-order valence-corrected chi connectivity index (χ1v) is 11.0. The lowest BCUT2D eigenvalue weighted by Gasteiger charge is -2.33. The molecule has 4 heteroatoms. The van der Waals surface area contributed by atoms with Gasteiger partial charge in [-0.1, -0.05) is 48.0 Å². The van der Waals surface area contributed by atoms with Crippen molar-refractivity contribution in [2.75, 3.05) is 11.6 Å². The second-order valence-corrected chi connectivity index (χ2v) is 8.79. The van der Waals surface area contributed by atoms with Gasteiger partial charge >= 0.3 is 5.63 Å². The predicted octanol–water partition coefficient (Wildman–Crippen LogP) is 5.97. The summed E-state index contributed by atoms with van der Waals surface area (Å²) in [5, 5.41) is 0.970. The monoisotopic (exact) mass is 425 g/mol.